The van der Waals surface area contributed by atoms with Gasteiger partial charge in [0.15, 0.2) is 5.79 Å². The minimum Gasteiger partial charge on any atom is -0.394 e. The summed E-state index contributed by atoms with van der Waals surface area (Å²) < 4.78 is 31.9. The molecule has 34 heavy (non-hydrogen) atoms. The molecular weight excluding hydrogens is 444 g/mol. The highest BCUT2D eigenvalue weighted by atomic mass is 16.7. The van der Waals surface area contributed by atoms with Crippen LogP contribution in [0.1, 0.15) is 53.4 Å². The minimum absolute atomic E-state index is 0.0210. The van der Waals surface area contributed by atoms with Gasteiger partial charge in [-0.1, -0.05) is 27.7 Å². The highest BCUT2D eigenvalue weighted by Gasteiger charge is 2.61. The van der Waals surface area contributed by atoms with E-state index < -0.39 is 36.3 Å². The number of aliphatic hydroxyl groups is 4. The summed E-state index contributed by atoms with van der Waals surface area (Å²) in [5.41, 5.74) is 0. The number of aliphatic hydroxyl groups excluding tert-OH is 4. The van der Waals surface area contributed by atoms with Gasteiger partial charge in [-0.25, -0.2) is 0 Å². The van der Waals surface area contributed by atoms with E-state index in [-0.39, 0.29) is 67.4 Å². The normalized spacial score (nSPS) is 58.2. The van der Waals surface area contributed by atoms with Crippen LogP contribution in [0.4, 0.5) is 0 Å². The Bertz CT molecular complexity index is 722. The topological polar surface area (TPSA) is 127 Å². The third-order valence-electron chi connectivity index (χ3n) is 9.24. The van der Waals surface area contributed by atoms with Crippen LogP contribution >= 0.6 is 0 Å². The highest BCUT2D eigenvalue weighted by molar-refractivity contribution is 5.05. The Kier molecular flexibility index (Phi) is 7.07. The van der Waals surface area contributed by atoms with Gasteiger partial charge in [0.2, 0.25) is 0 Å². The predicted octanol–water partition coefficient (Wildman–Crippen LogP) is 0.594. The molecule has 0 aliphatic carbocycles. The molecule has 0 unspecified atom stereocenters. The highest BCUT2D eigenvalue weighted by Crippen LogP contribution is 2.50. The average Bonchev–Trinajstić information content (AvgIpc) is 3.13. The molecule has 0 aromatic carbocycles. The summed E-state index contributed by atoms with van der Waals surface area (Å²) in [4.78, 5) is 0. The van der Waals surface area contributed by atoms with Crippen molar-refractivity contribution in [1.29, 1.82) is 0 Å². The Morgan fingerprint density at radius 3 is 2.18 bits per heavy atom. The molecular formula is C25H42O9. The van der Waals surface area contributed by atoms with E-state index in [9.17, 15) is 20.4 Å². The van der Waals surface area contributed by atoms with Crippen LogP contribution in [0.2, 0.25) is 0 Å². The monoisotopic (exact) mass is 486 g/mol. The van der Waals surface area contributed by atoms with E-state index in [1.54, 1.807) is 0 Å². The van der Waals surface area contributed by atoms with E-state index in [4.69, 9.17) is 23.7 Å². The summed E-state index contributed by atoms with van der Waals surface area (Å²) >= 11 is 0. The first-order valence-electron chi connectivity index (χ1n) is 13.1. The first-order valence-corrected chi connectivity index (χ1v) is 13.1. The molecule has 5 rings (SSSR count). The Labute approximate surface area is 201 Å². The zero-order chi connectivity index (χ0) is 24.4. The molecule has 0 bridgehead atoms. The molecule has 0 aromatic rings. The van der Waals surface area contributed by atoms with Gasteiger partial charge in [-0.2, -0.15) is 0 Å². The molecule has 0 aromatic heterocycles. The molecule has 9 heteroatoms. The van der Waals surface area contributed by atoms with Crippen LogP contribution in [0.3, 0.4) is 0 Å². The van der Waals surface area contributed by atoms with Crippen molar-refractivity contribution in [3.8, 4) is 0 Å². The van der Waals surface area contributed by atoms with E-state index in [0.717, 1.165) is 6.42 Å². The van der Waals surface area contributed by atoms with Gasteiger partial charge in [0, 0.05) is 24.7 Å². The first-order chi connectivity index (χ1) is 16.1. The molecule has 0 radical (unpaired) electrons. The predicted molar refractivity (Wildman–Crippen MR) is 120 cm³/mol. The fraction of sp³-hybridized carbons (Fsp3) is 1.00. The third kappa shape index (κ3) is 4.25. The molecule has 4 N–H and O–H groups in total. The Morgan fingerprint density at radius 1 is 0.794 bits per heavy atom. The van der Waals surface area contributed by atoms with E-state index in [1.165, 1.54) is 0 Å². The molecule has 0 amide bonds. The molecule has 5 heterocycles. The summed E-state index contributed by atoms with van der Waals surface area (Å²) in [6.45, 7) is 8.19. The van der Waals surface area contributed by atoms with Crippen molar-refractivity contribution in [2.75, 3.05) is 13.2 Å². The Balaban J connectivity index is 1.41. The molecule has 5 aliphatic rings. The summed E-state index contributed by atoms with van der Waals surface area (Å²) in [6.07, 6.45) is -2.65. The van der Waals surface area contributed by atoms with Gasteiger partial charge >= 0.3 is 0 Å². The van der Waals surface area contributed by atoms with Crippen molar-refractivity contribution >= 4 is 0 Å². The molecule has 1 spiro atoms. The number of fused-ring (bicyclic) bond motifs is 3. The Morgan fingerprint density at radius 2 is 1.50 bits per heavy atom. The molecule has 5 fully saturated rings. The summed E-state index contributed by atoms with van der Waals surface area (Å²) in [5.74, 6) is -0.971. The van der Waals surface area contributed by atoms with Crippen molar-refractivity contribution in [2.45, 2.75) is 120 Å². The van der Waals surface area contributed by atoms with Crippen molar-refractivity contribution in [3.63, 3.8) is 0 Å². The third-order valence-corrected chi connectivity index (χ3v) is 9.24. The SMILES string of the molecule is C[C@H]1C[C@@H](O)[C@H](CO)O[C@@H]2C[C@@H]3O[C@@H]4[C@@H](C)[C@H](C)[C@@]5(C[C@H](O)CO5)O[C@H]4[C@@H](O)[C@H](C)[C@H]3O[C@H]2C1. The fourth-order valence-electron chi connectivity index (χ4n) is 7.01. The standard InChI is InChI=1S/C25H42O9/c1-11-5-16(28)20(9-26)31-18-7-19-22(32-17(18)6-11)13(3)21(29)24-23(33-19)12(2)14(4)25(34-24)8-15(27)10-30-25/h11-24,26-29H,5-10H2,1-4H3/t11-,12-,13-,14-,15-,16+,17-,18+,19-,20-,21-,22+,23+,24-,25+/m0/s1. The van der Waals surface area contributed by atoms with E-state index in [0.29, 0.717) is 19.3 Å². The van der Waals surface area contributed by atoms with Gasteiger partial charge in [-0.15, -0.1) is 0 Å². The van der Waals surface area contributed by atoms with Crippen LogP contribution in [0.5, 0.6) is 0 Å². The minimum atomic E-state index is -0.923. The average molecular weight is 487 g/mol. The number of ether oxygens (including phenoxy) is 5. The van der Waals surface area contributed by atoms with Crippen LogP contribution in [-0.2, 0) is 23.7 Å². The zero-order valence-electron chi connectivity index (χ0n) is 20.7. The van der Waals surface area contributed by atoms with Crippen molar-refractivity contribution < 1.29 is 44.1 Å². The molecule has 196 valence electrons. The van der Waals surface area contributed by atoms with Gasteiger partial charge in [0.25, 0.3) is 0 Å². The van der Waals surface area contributed by atoms with Gasteiger partial charge in [0.1, 0.15) is 12.2 Å². The van der Waals surface area contributed by atoms with Gasteiger partial charge < -0.3 is 44.1 Å². The second-order valence-electron chi connectivity index (χ2n) is 11.6. The van der Waals surface area contributed by atoms with Gasteiger partial charge in [-0.05, 0) is 24.7 Å². The summed E-state index contributed by atoms with van der Waals surface area (Å²) in [5, 5.41) is 41.9. The van der Waals surface area contributed by atoms with Crippen LogP contribution in [-0.4, -0.2) is 100 Å². The first kappa shape index (κ1) is 25.3. The lowest BCUT2D eigenvalue weighted by Crippen LogP contribution is -2.61. The van der Waals surface area contributed by atoms with Crippen LogP contribution in [0.15, 0.2) is 0 Å². The van der Waals surface area contributed by atoms with E-state index in [2.05, 4.69) is 20.8 Å². The molecule has 5 saturated heterocycles. The quantitative estimate of drug-likeness (QED) is 0.421. The van der Waals surface area contributed by atoms with E-state index >= 15 is 0 Å². The number of hydrogen-bond acceptors (Lipinski definition) is 9. The largest absolute Gasteiger partial charge is 0.394 e. The van der Waals surface area contributed by atoms with Gasteiger partial charge in [-0.3, -0.25) is 0 Å². The lowest BCUT2D eigenvalue weighted by atomic mass is 9.76. The van der Waals surface area contributed by atoms with Crippen LogP contribution in [0, 0.1) is 23.7 Å². The number of rotatable bonds is 1. The lowest BCUT2D eigenvalue weighted by Gasteiger charge is -2.51. The van der Waals surface area contributed by atoms with Crippen molar-refractivity contribution in [2.24, 2.45) is 23.7 Å². The molecule has 9 nitrogen and oxygen atoms in total. The van der Waals surface area contributed by atoms with Crippen molar-refractivity contribution in [1.82, 2.24) is 0 Å². The lowest BCUT2D eigenvalue weighted by molar-refractivity contribution is -0.339. The zero-order valence-corrected chi connectivity index (χ0v) is 20.7. The second kappa shape index (κ2) is 9.50. The maximum absolute atomic E-state index is 11.5. The van der Waals surface area contributed by atoms with Crippen molar-refractivity contribution in [3.05, 3.63) is 0 Å². The van der Waals surface area contributed by atoms with E-state index in [1.807, 2.05) is 6.92 Å². The molecule has 0 saturated carbocycles. The maximum Gasteiger partial charge on any atom is 0.174 e. The summed E-state index contributed by atoms with van der Waals surface area (Å²) in [7, 11) is 0. The smallest absolute Gasteiger partial charge is 0.174 e. The molecule has 15 atom stereocenters. The Hall–Kier alpha value is -0.360. The van der Waals surface area contributed by atoms with Gasteiger partial charge in [0.05, 0.1) is 62.0 Å². The molecule has 5 aliphatic heterocycles. The fourth-order valence-corrected chi connectivity index (χ4v) is 7.01. The summed E-state index contributed by atoms with van der Waals surface area (Å²) in [6, 6.07) is 0. The number of hydrogen-bond donors (Lipinski definition) is 4. The second-order valence-corrected chi connectivity index (χ2v) is 11.6. The van der Waals surface area contributed by atoms with Crippen LogP contribution in [0.25, 0.3) is 0 Å². The maximum atomic E-state index is 11.5. The van der Waals surface area contributed by atoms with Crippen LogP contribution < -0.4 is 0 Å².